The molecule has 0 unspecified atom stereocenters. The number of aromatic nitrogens is 2. The first-order valence-corrected chi connectivity index (χ1v) is 7.01. The number of rotatable bonds is 4. The lowest BCUT2D eigenvalue weighted by atomic mass is 10.2. The van der Waals surface area contributed by atoms with Crippen molar-refractivity contribution < 1.29 is 9.47 Å². The van der Waals surface area contributed by atoms with E-state index in [0.717, 1.165) is 5.75 Å². The zero-order valence-corrected chi connectivity index (χ0v) is 12.5. The summed E-state index contributed by atoms with van der Waals surface area (Å²) >= 11 is 0. The normalized spacial score (nSPS) is 10.3. The van der Waals surface area contributed by atoms with Gasteiger partial charge in [0.05, 0.1) is 0 Å². The van der Waals surface area contributed by atoms with Gasteiger partial charge in [0.15, 0.2) is 0 Å². The Balaban J connectivity index is 1.74. The molecule has 22 heavy (non-hydrogen) atoms. The molecule has 1 heterocycles. The number of hydrogen-bond donors (Lipinski definition) is 0. The molecule has 0 bridgehead atoms. The van der Waals surface area contributed by atoms with Crippen molar-refractivity contribution >= 4 is 0 Å². The average Bonchev–Trinajstić information content (AvgIpc) is 2.52. The van der Waals surface area contributed by atoms with Crippen LogP contribution in [0.1, 0.15) is 11.1 Å². The predicted octanol–water partition coefficient (Wildman–Crippen LogP) is 4.68. The molecular formula is C18H16N2O2. The van der Waals surface area contributed by atoms with E-state index in [1.165, 1.54) is 11.1 Å². The van der Waals surface area contributed by atoms with E-state index in [-0.39, 0.29) is 6.01 Å². The highest BCUT2D eigenvalue weighted by Gasteiger charge is 2.04. The molecule has 0 aliphatic heterocycles. The van der Waals surface area contributed by atoms with Crippen molar-refractivity contribution in [1.82, 2.24) is 9.97 Å². The van der Waals surface area contributed by atoms with Crippen LogP contribution in [-0.2, 0) is 0 Å². The van der Waals surface area contributed by atoms with E-state index < -0.39 is 0 Å². The molecule has 0 radical (unpaired) electrons. The quantitative estimate of drug-likeness (QED) is 0.700. The third-order valence-corrected chi connectivity index (χ3v) is 3.08. The second-order valence-electron chi connectivity index (χ2n) is 5.01. The van der Waals surface area contributed by atoms with Gasteiger partial charge in [0, 0.05) is 12.3 Å². The molecule has 0 amide bonds. The lowest BCUT2D eigenvalue weighted by molar-refractivity contribution is 0.411. The van der Waals surface area contributed by atoms with Gasteiger partial charge in [-0.1, -0.05) is 35.4 Å². The van der Waals surface area contributed by atoms with Crippen molar-refractivity contribution in [2.75, 3.05) is 0 Å². The minimum Gasteiger partial charge on any atom is -0.439 e. The summed E-state index contributed by atoms with van der Waals surface area (Å²) in [6.07, 6.45) is 1.61. The van der Waals surface area contributed by atoms with E-state index in [2.05, 4.69) is 9.97 Å². The maximum Gasteiger partial charge on any atom is 0.325 e. The second kappa shape index (κ2) is 6.26. The topological polar surface area (TPSA) is 44.2 Å². The highest BCUT2D eigenvalue weighted by molar-refractivity contribution is 5.31. The van der Waals surface area contributed by atoms with E-state index in [9.17, 15) is 0 Å². The Morgan fingerprint density at radius 2 is 1.23 bits per heavy atom. The summed E-state index contributed by atoms with van der Waals surface area (Å²) in [5.74, 6) is 1.87. The fraction of sp³-hybridized carbons (Fsp3) is 0.111. The smallest absolute Gasteiger partial charge is 0.325 e. The van der Waals surface area contributed by atoms with Crippen LogP contribution in [0.2, 0.25) is 0 Å². The minimum atomic E-state index is 0.258. The Morgan fingerprint density at radius 1 is 0.682 bits per heavy atom. The first-order chi connectivity index (χ1) is 10.7. The lowest BCUT2D eigenvalue weighted by Gasteiger charge is -2.07. The number of aryl methyl sites for hydroxylation is 2. The van der Waals surface area contributed by atoms with Crippen LogP contribution in [0.15, 0.2) is 60.8 Å². The second-order valence-corrected chi connectivity index (χ2v) is 5.01. The Bertz CT molecular complexity index is 690. The van der Waals surface area contributed by atoms with Crippen molar-refractivity contribution in [3.63, 3.8) is 0 Å². The molecule has 0 saturated carbocycles. The Morgan fingerprint density at radius 3 is 1.82 bits per heavy atom. The van der Waals surface area contributed by atoms with E-state index in [1.807, 2.05) is 62.4 Å². The summed E-state index contributed by atoms with van der Waals surface area (Å²) in [6, 6.07) is 17.4. The Labute approximate surface area is 129 Å². The molecular weight excluding hydrogens is 276 g/mol. The van der Waals surface area contributed by atoms with Gasteiger partial charge >= 0.3 is 6.01 Å². The Kier molecular flexibility index (Phi) is 4.01. The molecule has 4 heteroatoms. The van der Waals surface area contributed by atoms with Crippen molar-refractivity contribution in [2.45, 2.75) is 13.8 Å². The summed E-state index contributed by atoms with van der Waals surface area (Å²) < 4.78 is 11.3. The zero-order chi connectivity index (χ0) is 15.4. The van der Waals surface area contributed by atoms with Crippen LogP contribution in [0.3, 0.4) is 0 Å². The highest BCUT2D eigenvalue weighted by atomic mass is 16.5. The molecule has 0 aliphatic carbocycles. The third kappa shape index (κ3) is 3.61. The van der Waals surface area contributed by atoms with Gasteiger partial charge in [0.25, 0.3) is 0 Å². The van der Waals surface area contributed by atoms with Gasteiger partial charge in [-0.05, 0) is 38.1 Å². The van der Waals surface area contributed by atoms with E-state index in [0.29, 0.717) is 11.6 Å². The van der Waals surface area contributed by atoms with Crippen LogP contribution in [0, 0.1) is 13.8 Å². The fourth-order valence-electron chi connectivity index (χ4n) is 1.87. The third-order valence-electron chi connectivity index (χ3n) is 3.08. The average molecular weight is 292 g/mol. The molecule has 0 atom stereocenters. The maximum absolute atomic E-state index is 5.70. The number of benzene rings is 2. The van der Waals surface area contributed by atoms with Gasteiger partial charge in [0.1, 0.15) is 11.5 Å². The zero-order valence-electron chi connectivity index (χ0n) is 12.5. The number of ether oxygens (including phenoxy) is 2. The summed E-state index contributed by atoms with van der Waals surface area (Å²) in [6.45, 7) is 4.05. The van der Waals surface area contributed by atoms with Crippen LogP contribution < -0.4 is 9.47 Å². The molecule has 0 saturated heterocycles. The van der Waals surface area contributed by atoms with Gasteiger partial charge in [-0.25, -0.2) is 4.98 Å². The molecule has 3 aromatic rings. The molecule has 110 valence electrons. The largest absolute Gasteiger partial charge is 0.439 e. The molecule has 1 aromatic heterocycles. The molecule has 3 rings (SSSR count). The maximum atomic E-state index is 5.70. The van der Waals surface area contributed by atoms with Gasteiger partial charge in [-0.15, -0.1) is 0 Å². The summed E-state index contributed by atoms with van der Waals surface area (Å²) in [5, 5.41) is 0. The summed E-state index contributed by atoms with van der Waals surface area (Å²) in [4.78, 5) is 8.35. The molecule has 0 N–H and O–H groups in total. The predicted molar refractivity (Wildman–Crippen MR) is 84.5 cm³/mol. The van der Waals surface area contributed by atoms with Crippen LogP contribution in [0.4, 0.5) is 0 Å². The van der Waals surface area contributed by atoms with Crippen molar-refractivity contribution in [3.05, 3.63) is 71.9 Å². The SMILES string of the molecule is Cc1ccc(Oc2ccnc(Oc3ccc(C)cc3)n2)cc1. The molecule has 4 nitrogen and oxygen atoms in total. The van der Waals surface area contributed by atoms with Crippen LogP contribution in [-0.4, -0.2) is 9.97 Å². The summed E-state index contributed by atoms with van der Waals surface area (Å²) in [7, 11) is 0. The van der Waals surface area contributed by atoms with Gasteiger partial charge < -0.3 is 9.47 Å². The number of nitrogens with zero attached hydrogens (tertiary/aromatic N) is 2. The summed E-state index contributed by atoms with van der Waals surface area (Å²) in [5.41, 5.74) is 2.35. The van der Waals surface area contributed by atoms with Gasteiger partial charge in [-0.3, -0.25) is 0 Å². The van der Waals surface area contributed by atoms with Crippen LogP contribution in [0.5, 0.6) is 23.4 Å². The van der Waals surface area contributed by atoms with Crippen LogP contribution >= 0.6 is 0 Å². The molecule has 0 spiro atoms. The fourth-order valence-corrected chi connectivity index (χ4v) is 1.87. The first kappa shape index (κ1) is 14.1. The van der Waals surface area contributed by atoms with E-state index in [1.54, 1.807) is 12.3 Å². The van der Waals surface area contributed by atoms with E-state index in [4.69, 9.17) is 9.47 Å². The molecule has 0 fully saturated rings. The highest BCUT2D eigenvalue weighted by Crippen LogP contribution is 2.23. The molecule has 2 aromatic carbocycles. The van der Waals surface area contributed by atoms with Gasteiger partial charge in [-0.2, -0.15) is 4.98 Å². The van der Waals surface area contributed by atoms with Crippen molar-refractivity contribution in [2.24, 2.45) is 0 Å². The standard InChI is InChI=1S/C18H16N2O2/c1-13-3-7-15(8-4-13)21-17-11-12-19-18(20-17)22-16-9-5-14(2)6-10-16/h3-12H,1-2H3. The first-order valence-electron chi connectivity index (χ1n) is 7.01. The van der Waals surface area contributed by atoms with Crippen molar-refractivity contribution in [3.8, 4) is 23.4 Å². The van der Waals surface area contributed by atoms with Gasteiger partial charge in [0.2, 0.25) is 5.88 Å². The van der Waals surface area contributed by atoms with E-state index >= 15 is 0 Å². The lowest BCUT2D eigenvalue weighted by Crippen LogP contribution is -1.94. The Hall–Kier alpha value is -2.88. The molecule has 0 aliphatic rings. The van der Waals surface area contributed by atoms with Crippen molar-refractivity contribution in [1.29, 1.82) is 0 Å². The minimum absolute atomic E-state index is 0.258. The van der Waals surface area contributed by atoms with Crippen LogP contribution in [0.25, 0.3) is 0 Å². The monoisotopic (exact) mass is 292 g/mol. The number of hydrogen-bond acceptors (Lipinski definition) is 4.